The monoisotopic (exact) mass is 407 g/mol. The van der Waals surface area contributed by atoms with E-state index in [1.807, 2.05) is 13.8 Å². The molecule has 1 saturated heterocycles. The lowest BCUT2D eigenvalue weighted by atomic mass is 9.85. The van der Waals surface area contributed by atoms with Gasteiger partial charge in [-0.25, -0.2) is 8.78 Å². The zero-order valence-corrected chi connectivity index (χ0v) is 16.9. The minimum absolute atomic E-state index is 0.0294. The van der Waals surface area contributed by atoms with Crippen molar-refractivity contribution in [2.45, 2.75) is 64.4 Å². The van der Waals surface area contributed by atoms with Crippen molar-refractivity contribution in [1.29, 1.82) is 0 Å². The summed E-state index contributed by atoms with van der Waals surface area (Å²) in [6, 6.07) is 2.46. The highest BCUT2D eigenvalue weighted by atomic mass is 19.1. The highest BCUT2D eigenvalue weighted by Crippen LogP contribution is 2.27. The fourth-order valence-electron chi connectivity index (χ4n) is 4.04. The molecule has 0 saturated carbocycles. The van der Waals surface area contributed by atoms with E-state index in [1.165, 1.54) is 6.07 Å². The Bertz CT molecular complexity index is 827. The quantitative estimate of drug-likeness (QED) is 0.677. The van der Waals surface area contributed by atoms with Crippen LogP contribution in [0.4, 0.5) is 8.78 Å². The molecule has 1 aromatic carbocycles. The van der Waals surface area contributed by atoms with Gasteiger partial charge in [-0.15, -0.1) is 0 Å². The fourth-order valence-corrected chi connectivity index (χ4v) is 4.04. The Kier molecular flexibility index (Phi) is 6.64. The Balaban J connectivity index is 1.69. The molecule has 3 N–H and O–H groups in total. The number of hydrogen-bond acceptors (Lipinski definition) is 4. The summed E-state index contributed by atoms with van der Waals surface area (Å²) in [6.45, 7) is 5.99. The SMILES string of the molecule is CCOC1CCC2NC(=O)C(CC(=O)N[C@@H](C)c3ccc(F)cc3F)=C(C)C2N1. The van der Waals surface area contributed by atoms with Crippen LogP contribution in [-0.4, -0.2) is 36.7 Å². The van der Waals surface area contributed by atoms with Crippen molar-refractivity contribution in [3.63, 3.8) is 0 Å². The number of rotatable bonds is 6. The predicted molar refractivity (Wildman–Crippen MR) is 104 cm³/mol. The van der Waals surface area contributed by atoms with Crippen LogP contribution in [0.5, 0.6) is 0 Å². The first-order valence-corrected chi connectivity index (χ1v) is 9.92. The third-order valence-electron chi connectivity index (χ3n) is 5.55. The number of carbonyl (C=O) groups is 2. The molecular formula is C21H27F2N3O3. The van der Waals surface area contributed by atoms with Crippen molar-refractivity contribution in [1.82, 2.24) is 16.0 Å². The summed E-state index contributed by atoms with van der Waals surface area (Å²) in [4.78, 5) is 25.1. The number of benzene rings is 1. The lowest BCUT2D eigenvalue weighted by Gasteiger charge is -2.41. The van der Waals surface area contributed by atoms with E-state index in [4.69, 9.17) is 4.74 Å². The molecule has 6 nitrogen and oxygen atoms in total. The van der Waals surface area contributed by atoms with Gasteiger partial charge in [0.1, 0.15) is 17.9 Å². The molecule has 1 aromatic rings. The van der Waals surface area contributed by atoms with Gasteiger partial charge in [-0.2, -0.15) is 0 Å². The fraction of sp³-hybridized carbons (Fsp3) is 0.524. The first-order valence-electron chi connectivity index (χ1n) is 9.92. The molecule has 3 rings (SSSR count). The molecule has 0 radical (unpaired) electrons. The highest BCUT2D eigenvalue weighted by Gasteiger charge is 2.38. The molecule has 4 atom stereocenters. The average molecular weight is 407 g/mol. The van der Waals surface area contributed by atoms with Crippen molar-refractivity contribution in [3.05, 3.63) is 46.5 Å². The molecule has 3 unspecified atom stereocenters. The number of nitrogens with one attached hydrogen (secondary N) is 3. The van der Waals surface area contributed by atoms with Crippen LogP contribution in [0, 0.1) is 11.6 Å². The third-order valence-corrected chi connectivity index (χ3v) is 5.55. The number of ether oxygens (including phenoxy) is 1. The maximum absolute atomic E-state index is 13.9. The Morgan fingerprint density at radius 1 is 1.34 bits per heavy atom. The molecule has 0 bridgehead atoms. The molecule has 2 amide bonds. The Morgan fingerprint density at radius 3 is 2.79 bits per heavy atom. The van der Waals surface area contributed by atoms with Crippen LogP contribution in [0.3, 0.4) is 0 Å². The van der Waals surface area contributed by atoms with Gasteiger partial charge < -0.3 is 15.4 Å². The Hall–Kier alpha value is -2.32. The molecule has 2 aliphatic rings. The second-order valence-electron chi connectivity index (χ2n) is 7.54. The first kappa shape index (κ1) is 21.4. The van der Waals surface area contributed by atoms with Crippen LogP contribution < -0.4 is 16.0 Å². The molecular weight excluding hydrogens is 380 g/mol. The molecule has 0 aliphatic carbocycles. The number of amides is 2. The Labute approximate surface area is 169 Å². The van der Waals surface area contributed by atoms with E-state index in [0.717, 1.165) is 30.5 Å². The van der Waals surface area contributed by atoms with Crippen molar-refractivity contribution in [3.8, 4) is 0 Å². The van der Waals surface area contributed by atoms with E-state index >= 15 is 0 Å². The maximum Gasteiger partial charge on any atom is 0.248 e. The van der Waals surface area contributed by atoms with Crippen molar-refractivity contribution < 1.29 is 23.1 Å². The van der Waals surface area contributed by atoms with Crippen molar-refractivity contribution in [2.75, 3.05) is 6.61 Å². The van der Waals surface area contributed by atoms with Crippen LogP contribution in [0.1, 0.15) is 51.6 Å². The lowest BCUT2D eigenvalue weighted by Crippen LogP contribution is -2.61. The molecule has 1 fully saturated rings. The zero-order valence-electron chi connectivity index (χ0n) is 16.9. The second-order valence-corrected chi connectivity index (χ2v) is 7.54. The van der Waals surface area contributed by atoms with Gasteiger partial charge >= 0.3 is 0 Å². The van der Waals surface area contributed by atoms with Gasteiger partial charge in [0.05, 0.1) is 18.5 Å². The standard InChI is InChI=1S/C21H27F2N3O3/c1-4-29-19-8-7-17-20(26-19)11(2)15(21(28)25-17)10-18(27)24-12(3)14-6-5-13(22)9-16(14)23/h5-6,9,12,17,19-20,26H,4,7-8,10H2,1-3H3,(H,24,27)(H,25,28)/t12-,17?,19?,20?/m0/s1. The Morgan fingerprint density at radius 2 is 2.10 bits per heavy atom. The number of fused-ring (bicyclic) bond motifs is 1. The van der Waals surface area contributed by atoms with Crippen LogP contribution in [0.2, 0.25) is 0 Å². The van der Waals surface area contributed by atoms with E-state index in [9.17, 15) is 18.4 Å². The van der Waals surface area contributed by atoms with Crippen LogP contribution >= 0.6 is 0 Å². The maximum atomic E-state index is 13.9. The molecule has 0 spiro atoms. The van der Waals surface area contributed by atoms with Gasteiger partial charge in [-0.05, 0) is 45.3 Å². The summed E-state index contributed by atoms with van der Waals surface area (Å²) in [5.74, 6) is -2.05. The van der Waals surface area contributed by atoms with E-state index in [1.54, 1.807) is 6.92 Å². The number of halogens is 2. The van der Waals surface area contributed by atoms with Gasteiger partial charge in [0.15, 0.2) is 0 Å². The minimum atomic E-state index is -0.722. The molecule has 158 valence electrons. The predicted octanol–water partition coefficient (Wildman–Crippen LogP) is 2.46. The summed E-state index contributed by atoms with van der Waals surface area (Å²) < 4.78 is 32.7. The number of piperidine rings is 1. The summed E-state index contributed by atoms with van der Waals surface area (Å²) in [5.41, 5.74) is 1.41. The molecule has 2 aliphatic heterocycles. The van der Waals surface area contributed by atoms with E-state index in [2.05, 4.69) is 16.0 Å². The van der Waals surface area contributed by atoms with E-state index < -0.39 is 23.6 Å². The average Bonchev–Trinajstić information content (AvgIpc) is 2.65. The van der Waals surface area contributed by atoms with Crippen molar-refractivity contribution >= 4 is 11.8 Å². The van der Waals surface area contributed by atoms with Gasteiger partial charge in [-0.1, -0.05) is 6.07 Å². The van der Waals surface area contributed by atoms with Crippen LogP contribution in [0.15, 0.2) is 29.3 Å². The summed E-state index contributed by atoms with van der Waals surface area (Å²) in [7, 11) is 0. The highest BCUT2D eigenvalue weighted by molar-refractivity contribution is 6.00. The summed E-state index contributed by atoms with van der Waals surface area (Å²) >= 11 is 0. The smallest absolute Gasteiger partial charge is 0.248 e. The summed E-state index contributed by atoms with van der Waals surface area (Å²) in [6.07, 6.45) is 1.41. The normalized spacial score (nSPS) is 25.3. The van der Waals surface area contributed by atoms with Gasteiger partial charge in [0.25, 0.3) is 0 Å². The molecule has 29 heavy (non-hydrogen) atoms. The number of carbonyl (C=O) groups excluding carboxylic acids is 2. The third kappa shape index (κ3) is 4.82. The van der Waals surface area contributed by atoms with Gasteiger partial charge in [-0.3, -0.25) is 14.9 Å². The minimum Gasteiger partial charge on any atom is -0.364 e. The second kappa shape index (κ2) is 9.00. The van der Waals surface area contributed by atoms with Crippen LogP contribution in [0.25, 0.3) is 0 Å². The molecule has 8 heteroatoms. The first-order chi connectivity index (χ1) is 13.8. The van der Waals surface area contributed by atoms with Gasteiger partial charge in [0.2, 0.25) is 11.8 Å². The largest absolute Gasteiger partial charge is 0.364 e. The van der Waals surface area contributed by atoms with Crippen LogP contribution in [-0.2, 0) is 14.3 Å². The van der Waals surface area contributed by atoms with E-state index in [0.29, 0.717) is 12.2 Å². The lowest BCUT2D eigenvalue weighted by molar-refractivity contribution is -0.124. The molecule has 0 aromatic heterocycles. The molecule has 2 heterocycles. The number of hydrogen-bond donors (Lipinski definition) is 3. The van der Waals surface area contributed by atoms with Gasteiger partial charge in [0, 0.05) is 29.9 Å². The van der Waals surface area contributed by atoms with E-state index in [-0.39, 0.29) is 36.2 Å². The zero-order chi connectivity index (χ0) is 21.1. The summed E-state index contributed by atoms with van der Waals surface area (Å²) in [5, 5.41) is 9.05. The van der Waals surface area contributed by atoms with Crippen molar-refractivity contribution in [2.24, 2.45) is 0 Å². The topological polar surface area (TPSA) is 79.5 Å².